The second kappa shape index (κ2) is 4.76. The molecule has 0 aliphatic carbocycles. The number of ether oxygens (including phenoxy) is 1. The van der Waals surface area contributed by atoms with Gasteiger partial charge in [0.1, 0.15) is 6.07 Å². The molecular weight excluding hydrogens is 228 g/mol. The van der Waals surface area contributed by atoms with Crippen LogP contribution in [0.5, 0.6) is 0 Å². The molecule has 1 heterocycles. The van der Waals surface area contributed by atoms with Crippen molar-refractivity contribution in [1.29, 1.82) is 5.26 Å². The SMILES string of the molecule is COC1=C(C#N)C(=O)N(C)/C1=C/c1ccccc1. The van der Waals surface area contributed by atoms with Crippen molar-refractivity contribution in [3.63, 3.8) is 0 Å². The quantitative estimate of drug-likeness (QED) is 0.793. The van der Waals surface area contributed by atoms with Gasteiger partial charge >= 0.3 is 0 Å². The predicted octanol–water partition coefficient (Wildman–Crippen LogP) is 1.92. The number of methoxy groups -OCH3 is 1. The topological polar surface area (TPSA) is 53.3 Å². The van der Waals surface area contributed by atoms with E-state index in [1.165, 1.54) is 12.0 Å². The summed E-state index contributed by atoms with van der Waals surface area (Å²) in [5.74, 6) is -0.00890. The smallest absolute Gasteiger partial charge is 0.272 e. The third-order valence-electron chi connectivity index (χ3n) is 2.76. The summed E-state index contributed by atoms with van der Waals surface area (Å²) in [6, 6.07) is 11.5. The van der Waals surface area contributed by atoms with Crippen LogP contribution in [0.25, 0.3) is 6.08 Å². The Labute approximate surface area is 105 Å². The van der Waals surface area contributed by atoms with E-state index >= 15 is 0 Å². The third-order valence-corrected chi connectivity index (χ3v) is 2.76. The molecule has 0 N–H and O–H groups in total. The van der Waals surface area contributed by atoms with Crippen LogP contribution in [0.4, 0.5) is 0 Å². The average Bonchev–Trinajstić information content (AvgIpc) is 2.63. The summed E-state index contributed by atoms with van der Waals surface area (Å²) >= 11 is 0. The van der Waals surface area contributed by atoms with E-state index in [0.29, 0.717) is 11.5 Å². The number of likely N-dealkylation sites (N-methyl/N-ethyl adjacent to an activating group) is 1. The maximum Gasteiger partial charge on any atom is 0.272 e. The van der Waals surface area contributed by atoms with E-state index in [-0.39, 0.29) is 11.5 Å². The standard InChI is InChI=1S/C14H12N2O2/c1-16-12(8-10-6-4-3-5-7-10)13(18-2)11(9-15)14(16)17/h3-8H,1-2H3/b12-8+. The molecule has 1 aromatic rings. The molecular formula is C14H12N2O2. The monoisotopic (exact) mass is 240 g/mol. The van der Waals surface area contributed by atoms with Crippen molar-refractivity contribution >= 4 is 12.0 Å². The Morgan fingerprint density at radius 1 is 1.33 bits per heavy atom. The molecule has 0 fully saturated rings. The Balaban J connectivity index is 2.51. The van der Waals surface area contributed by atoms with Gasteiger partial charge in [-0.15, -0.1) is 0 Å². The minimum Gasteiger partial charge on any atom is -0.493 e. The van der Waals surface area contributed by atoms with Crippen molar-refractivity contribution in [1.82, 2.24) is 4.90 Å². The summed E-state index contributed by atoms with van der Waals surface area (Å²) in [5.41, 5.74) is 1.59. The number of nitrogens with zero attached hydrogens (tertiary/aromatic N) is 2. The summed E-state index contributed by atoms with van der Waals surface area (Å²) in [6.07, 6.45) is 1.82. The van der Waals surface area contributed by atoms with Gasteiger partial charge in [0.25, 0.3) is 5.91 Å². The average molecular weight is 240 g/mol. The Morgan fingerprint density at radius 3 is 2.56 bits per heavy atom. The summed E-state index contributed by atoms with van der Waals surface area (Å²) in [4.78, 5) is 13.3. The first kappa shape index (κ1) is 11.9. The van der Waals surface area contributed by atoms with Crippen LogP contribution >= 0.6 is 0 Å². The van der Waals surface area contributed by atoms with Crippen LogP contribution in [0.15, 0.2) is 47.4 Å². The normalized spacial score (nSPS) is 17.3. The van der Waals surface area contributed by atoms with Crippen LogP contribution in [-0.2, 0) is 9.53 Å². The first-order valence-corrected chi connectivity index (χ1v) is 5.42. The lowest BCUT2D eigenvalue weighted by atomic mass is 10.1. The highest BCUT2D eigenvalue weighted by Gasteiger charge is 2.33. The minimum absolute atomic E-state index is 0.0437. The number of carbonyl (C=O) groups is 1. The predicted molar refractivity (Wildman–Crippen MR) is 66.8 cm³/mol. The molecule has 0 saturated carbocycles. The van der Waals surface area contributed by atoms with Gasteiger partial charge in [0.2, 0.25) is 0 Å². The lowest BCUT2D eigenvalue weighted by Gasteiger charge is -2.12. The highest BCUT2D eigenvalue weighted by Crippen LogP contribution is 2.29. The van der Waals surface area contributed by atoms with Crippen molar-refractivity contribution in [2.24, 2.45) is 0 Å². The largest absolute Gasteiger partial charge is 0.493 e. The fraction of sp³-hybridized carbons (Fsp3) is 0.143. The molecule has 0 bridgehead atoms. The van der Waals surface area contributed by atoms with Gasteiger partial charge in [0.05, 0.1) is 12.8 Å². The Bertz CT molecular complexity index is 580. The fourth-order valence-electron chi connectivity index (χ4n) is 1.83. The van der Waals surface area contributed by atoms with Gasteiger partial charge in [-0.2, -0.15) is 5.26 Å². The molecule has 0 spiro atoms. The third kappa shape index (κ3) is 1.87. The Kier molecular flexibility index (Phi) is 3.16. The molecule has 4 nitrogen and oxygen atoms in total. The lowest BCUT2D eigenvalue weighted by Crippen LogP contribution is -2.20. The fourth-order valence-corrected chi connectivity index (χ4v) is 1.83. The summed E-state index contributed by atoms with van der Waals surface area (Å²) in [5, 5.41) is 8.98. The molecule has 1 aliphatic rings. The number of benzene rings is 1. The van der Waals surface area contributed by atoms with Crippen molar-refractivity contribution in [3.8, 4) is 6.07 Å². The number of nitriles is 1. The van der Waals surface area contributed by atoms with Crippen molar-refractivity contribution < 1.29 is 9.53 Å². The van der Waals surface area contributed by atoms with E-state index in [2.05, 4.69) is 0 Å². The molecule has 90 valence electrons. The lowest BCUT2D eigenvalue weighted by molar-refractivity contribution is -0.122. The van der Waals surface area contributed by atoms with Crippen LogP contribution in [0, 0.1) is 11.3 Å². The van der Waals surface area contributed by atoms with E-state index < -0.39 is 0 Å². The zero-order valence-electron chi connectivity index (χ0n) is 10.2. The van der Waals surface area contributed by atoms with Crippen LogP contribution in [-0.4, -0.2) is 25.0 Å². The molecule has 0 unspecified atom stereocenters. The molecule has 0 radical (unpaired) electrons. The zero-order chi connectivity index (χ0) is 13.1. The molecule has 1 aromatic carbocycles. The van der Waals surface area contributed by atoms with E-state index in [4.69, 9.17) is 10.00 Å². The molecule has 2 rings (SSSR count). The second-order valence-corrected chi connectivity index (χ2v) is 3.82. The minimum atomic E-state index is -0.337. The summed E-state index contributed by atoms with van der Waals surface area (Å²) in [7, 11) is 3.08. The van der Waals surface area contributed by atoms with Crippen LogP contribution in [0.1, 0.15) is 5.56 Å². The van der Waals surface area contributed by atoms with Gasteiger partial charge in [0.15, 0.2) is 11.3 Å². The molecule has 0 aromatic heterocycles. The number of carbonyl (C=O) groups excluding carboxylic acids is 1. The molecule has 1 amide bonds. The Hall–Kier alpha value is -2.54. The number of hydrogen-bond acceptors (Lipinski definition) is 3. The van der Waals surface area contributed by atoms with Gasteiger partial charge in [-0.3, -0.25) is 4.79 Å². The second-order valence-electron chi connectivity index (χ2n) is 3.82. The van der Waals surface area contributed by atoms with Crippen LogP contribution in [0.3, 0.4) is 0 Å². The van der Waals surface area contributed by atoms with Crippen molar-refractivity contribution in [2.75, 3.05) is 14.2 Å². The summed E-state index contributed by atoms with van der Waals surface area (Å²) < 4.78 is 5.17. The van der Waals surface area contributed by atoms with Gasteiger partial charge in [-0.1, -0.05) is 30.3 Å². The van der Waals surface area contributed by atoms with E-state index in [0.717, 1.165) is 5.56 Å². The highest BCUT2D eigenvalue weighted by molar-refractivity contribution is 6.04. The van der Waals surface area contributed by atoms with Crippen LogP contribution in [0.2, 0.25) is 0 Å². The zero-order valence-corrected chi connectivity index (χ0v) is 10.2. The maximum absolute atomic E-state index is 11.8. The van der Waals surface area contributed by atoms with Gasteiger partial charge in [-0.05, 0) is 11.6 Å². The first-order valence-electron chi connectivity index (χ1n) is 5.42. The maximum atomic E-state index is 11.8. The molecule has 0 atom stereocenters. The van der Waals surface area contributed by atoms with Crippen molar-refractivity contribution in [3.05, 3.63) is 52.9 Å². The molecule has 4 heteroatoms. The first-order chi connectivity index (χ1) is 8.69. The Morgan fingerprint density at radius 2 is 2.00 bits per heavy atom. The van der Waals surface area contributed by atoms with E-state index in [1.54, 1.807) is 7.05 Å². The van der Waals surface area contributed by atoms with Gasteiger partial charge in [-0.25, -0.2) is 0 Å². The number of rotatable bonds is 2. The van der Waals surface area contributed by atoms with E-state index in [1.807, 2.05) is 42.5 Å². The van der Waals surface area contributed by atoms with Crippen LogP contribution < -0.4 is 0 Å². The molecule has 1 aliphatic heterocycles. The van der Waals surface area contributed by atoms with Gasteiger partial charge < -0.3 is 9.64 Å². The van der Waals surface area contributed by atoms with E-state index in [9.17, 15) is 4.79 Å². The number of amides is 1. The highest BCUT2D eigenvalue weighted by atomic mass is 16.5. The van der Waals surface area contributed by atoms with Crippen molar-refractivity contribution in [2.45, 2.75) is 0 Å². The molecule has 18 heavy (non-hydrogen) atoms. The number of hydrogen-bond donors (Lipinski definition) is 0. The molecule has 0 saturated heterocycles. The summed E-state index contributed by atoms with van der Waals surface area (Å²) in [6.45, 7) is 0. The van der Waals surface area contributed by atoms with Gasteiger partial charge in [0, 0.05) is 7.05 Å².